The Hall–Kier alpha value is -4.00. The number of anilines is 3. The van der Waals surface area contributed by atoms with Crippen LogP contribution < -0.4 is 16.0 Å². The Kier molecular flexibility index (Phi) is 10.9. The van der Waals surface area contributed by atoms with Crippen LogP contribution in [-0.2, 0) is 16.0 Å². The third kappa shape index (κ3) is 9.82. The second kappa shape index (κ2) is 14.8. The molecule has 1 saturated heterocycles. The first-order chi connectivity index (χ1) is 20.2. The van der Waals surface area contributed by atoms with Gasteiger partial charge in [-0.3, -0.25) is 20.0 Å². The van der Waals surface area contributed by atoms with Crippen molar-refractivity contribution in [1.29, 1.82) is 0 Å². The molecule has 0 bridgehead atoms. The summed E-state index contributed by atoms with van der Waals surface area (Å²) in [7, 11) is 0. The van der Waals surface area contributed by atoms with Crippen molar-refractivity contribution in [2.75, 3.05) is 55.3 Å². The molecule has 3 heterocycles. The van der Waals surface area contributed by atoms with E-state index in [1.165, 1.54) is 11.3 Å². The number of hydrogen-bond acceptors (Lipinski definition) is 8. The fraction of sp³-hybridized carbons (Fsp3) is 0.400. The Morgan fingerprint density at radius 1 is 1.02 bits per heavy atom. The zero-order valence-electron chi connectivity index (χ0n) is 24.2. The number of nitrogens with one attached hydrogen (secondary N) is 3. The molecule has 0 radical (unpaired) electrons. The fourth-order valence-corrected chi connectivity index (χ4v) is 4.86. The molecule has 1 aromatic carbocycles. The fourth-order valence-electron chi connectivity index (χ4n) is 4.27. The van der Waals surface area contributed by atoms with Gasteiger partial charge in [-0.2, -0.15) is 11.3 Å². The van der Waals surface area contributed by atoms with Crippen molar-refractivity contribution in [2.24, 2.45) is 0 Å². The van der Waals surface area contributed by atoms with Gasteiger partial charge in [0.2, 0.25) is 0 Å². The van der Waals surface area contributed by atoms with Crippen molar-refractivity contribution in [3.63, 3.8) is 0 Å². The Labute approximate surface area is 250 Å². The van der Waals surface area contributed by atoms with E-state index in [0.29, 0.717) is 24.5 Å². The van der Waals surface area contributed by atoms with Crippen molar-refractivity contribution in [2.45, 2.75) is 39.3 Å². The number of urea groups is 1. The molecule has 0 aliphatic carbocycles. The molecule has 4 rings (SSSR count). The van der Waals surface area contributed by atoms with Crippen molar-refractivity contribution in [3.05, 3.63) is 70.7 Å². The molecule has 3 aromatic rings. The highest BCUT2D eigenvalue weighted by molar-refractivity contribution is 7.08. The third-order valence-electron chi connectivity index (χ3n) is 6.31. The number of hydrogen-bond donors (Lipinski definition) is 3. The number of thiophene rings is 1. The van der Waals surface area contributed by atoms with Gasteiger partial charge in [-0.15, -0.1) is 0 Å². The van der Waals surface area contributed by atoms with E-state index >= 15 is 0 Å². The minimum atomic E-state index is -0.656. The summed E-state index contributed by atoms with van der Waals surface area (Å²) in [6.45, 7) is 10.4. The maximum atomic E-state index is 13.1. The zero-order chi connectivity index (χ0) is 30.0. The second-order valence-corrected chi connectivity index (χ2v) is 11.6. The number of nitrogens with zero attached hydrogens (tertiary/aromatic N) is 3. The molecule has 12 heteroatoms. The zero-order valence-corrected chi connectivity index (χ0v) is 25.0. The van der Waals surface area contributed by atoms with E-state index in [2.05, 4.69) is 25.8 Å². The summed E-state index contributed by atoms with van der Waals surface area (Å²) in [6, 6.07) is 11.9. The van der Waals surface area contributed by atoms with Gasteiger partial charge in [-0.1, -0.05) is 18.2 Å². The SMILES string of the molecule is CC(C)(C)OC(=O)Nc1ccccc1NC(=O)c1ccc(CN(CCCN2CCOCC2)C(=O)Nc2ccsc2)cn1. The summed E-state index contributed by atoms with van der Waals surface area (Å²) in [4.78, 5) is 46.8. The number of pyridine rings is 1. The molecule has 4 amide bonds. The monoisotopic (exact) mass is 594 g/mol. The summed E-state index contributed by atoms with van der Waals surface area (Å²) in [5.74, 6) is -0.433. The third-order valence-corrected chi connectivity index (χ3v) is 6.99. The molecule has 0 saturated carbocycles. The summed E-state index contributed by atoms with van der Waals surface area (Å²) >= 11 is 1.52. The Morgan fingerprint density at radius 3 is 2.40 bits per heavy atom. The lowest BCUT2D eigenvalue weighted by Crippen LogP contribution is -2.40. The smallest absolute Gasteiger partial charge is 0.412 e. The minimum absolute atomic E-state index is 0.189. The van der Waals surface area contributed by atoms with Gasteiger partial charge in [-0.25, -0.2) is 9.59 Å². The lowest BCUT2D eigenvalue weighted by atomic mass is 10.2. The summed E-state index contributed by atoms with van der Waals surface area (Å²) in [5, 5.41) is 12.2. The number of aromatic nitrogens is 1. The van der Waals surface area contributed by atoms with Crippen LogP contribution in [0.1, 0.15) is 43.2 Å². The van der Waals surface area contributed by atoms with Crippen molar-refractivity contribution in [3.8, 4) is 0 Å². The van der Waals surface area contributed by atoms with E-state index in [1.54, 1.807) is 68.3 Å². The van der Waals surface area contributed by atoms with Gasteiger partial charge >= 0.3 is 12.1 Å². The molecular weight excluding hydrogens is 556 g/mol. The van der Waals surface area contributed by atoms with Crippen LogP contribution in [0.25, 0.3) is 0 Å². The molecule has 1 aliphatic heterocycles. The molecule has 1 aliphatic rings. The highest BCUT2D eigenvalue weighted by Crippen LogP contribution is 2.23. The first kappa shape index (κ1) is 30.9. The predicted octanol–water partition coefficient (Wildman–Crippen LogP) is 5.50. The van der Waals surface area contributed by atoms with Crippen LogP contribution in [0.15, 0.2) is 59.4 Å². The van der Waals surface area contributed by atoms with Crippen LogP contribution >= 0.6 is 11.3 Å². The van der Waals surface area contributed by atoms with Gasteiger partial charge in [0.25, 0.3) is 5.91 Å². The van der Waals surface area contributed by atoms with Crippen molar-refractivity contribution in [1.82, 2.24) is 14.8 Å². The topological polar surface area (TPSA) is 125 Å². The number of para-hydroxylation sites is 2. The summed E-state index contributed by atoms with van der Waals surface area (Å²) in [5.41, 5.74) is 1.92. The van der Waals surface area contributed by atoms with Crippen LogP contribution in [0.2, 0.25) is 0 Å². The molecule has 1 fully saturated rings. The van der Waals surface area contributed by atoms with E-state index in [-0.39, 0.29) is 11.7 Å². The van der Waals surface area contributed by atoms with Crippen molar-refractivity contribution < 1.29 is 23.9 Å². The summed E-state index contributed by atoms with van der Waals surface area (Å²) in [6.07, 6.45) is 1.80. The highest BCUT2D eigenvalue weighted by Gasteiger charge is 2.19. The number of carbonyl (C=O) groups excluding carboxylic acids is 3. The highest BCUT2D eigenvalue weighted by atomic mass is 32.1. The molecule has 11 nitrogen and oxygen atoms in total. The van der Waals surface area contributed by atoms with E-state index < -0.39 is 17.6 Å². The maximum Gasteiger partial charge on any atom is 0.412 e. The van der Waals surface area contributed by atoms with Crippen LogP contribution in [-0.4, -0.2) is 77.8 Å². The van der Waals surface area contributed by atoms with Crippen LogP contribution in [0.3, 0.4) is 0 Å². The van der Waals surface area contributed by atoms with Gasteiger partial charge in [-0.05, 0) is 62.4 Å². The molecule has 0 spiro atoms. The normalized spacial score (nSPS) is 13.7. The van der Waals surface area contributed by atoms with E-state index in [4.69, 9.17) is 9.47 Å². The van der Waals surface area contributed by atoms with Gasteiger partial charge < -0.3 is 25.0 Å². The largest absolute Gasteiger partial charge is 0.444 e. The molecular formula is C30H38N6O5S. The number of rotatable bonds is 10. The molecule has 3 N–H and O–H groups in total. The van der Waals surface area contributed by atoms with E-state index in [9.17, 15) is 14.4 Å². The number of carbonyl (C=O) groups is 3. The van der Waals surface area contributed by atoms with Crippen LogP contribution in [0, 0.1) is 0 Å². The second-order valence-electron chi connectivity index (χ2n) is 10.8. The molecule has 2 aromatic heterocycles. The number of amides is 4. The van der Waals surface area contributed by atoms with Gasteiger partial charge in [0.05, 0.1) is 30.3 Å². The van der Waals surface area contributed by atoms with Gasteiger partial charge in [0.15, 0.2) is 0 Å². The maximum absolute atomic E-state index is 13.1. The molecule has 224 valence electrons. The molecule has 0 unspecified atom stereocenters. The number of ether oxygens (including phenoxy) is 2. The van der Waals surface area contributed by atoms with Crippen molar-refractivity contribution >= 4 is 46.4 Å². The average Bonchev–Trinajstić information content (AvgIpc) is 3.46. The van der Waals surface area contributed by atoms with Crippen LogP contribution in [0.5, 0.6) is 0 Å². The average molecular weight is 595 g/mol. The molecule has 0 atom stereocenters. The van der Waals surface area contributed by atoms with Gasteiger partial charge in [0.1, 0.15) is 11.3 Å². The number of morpholine rings is 1. The standard InChI is InChI=1S/C30H38N6O5S/c1-30(2,3)41-29(39)34-25-8-5-4-7-24(25)33-27(37)26-10-9-22(19-31-26)20-36(28(38)32-23-11-18-42-21-23)13-6-12-35-14-16-40-17-15-35/h4-5,7-11,18-19,21H,6,12-17,20H2,1-3H3,(H,32,38)(H,33,37)(H,34,39). The molecule has 42 heavy (non-hydrogen) atoms. The Bertz CT molecular complexity index is 1320. The number of benzene rings is 1. The van der Waals surface area contributed by atoms with E-state index in [1.807, 2.05) is 16.8 Å². The lowest BCUT2D eigenvalue weighted by molar-refractivity contribution is 0.0365. The minimum Gasteiger partial charge on any atom is -0.444 e. The lowest BCUT2D eigenvalue weighted by Gasteiger charge is -2.28. The summed E-state index contributed by atoms with van der Waals surface area (Å²) < 4.78 is 10.7. The quantitative estimate of drug-likeness (QED) is 0.283. The Morgan fingerprint density at radius 2 is 1.76 bits per heavy atom. The first-order valence-electron chi connectivity index (χ1n) is 13.9. The Balaban J connectivity index is 1.37. The van der Waals surface area contributed by atoms with Crippen LogP contribution in [0.4, 0.5) is 26.7 Å². The van der Waals surface area contributed by atoms with E-state index in [0.717, 1.165) is 50.5 Å². The van der Waals surface area contributed by atoms with Gasteiger partial charge in [0, 0.05) is 44.3 Å². The predicted molar refractivity (Wildman–Crippen MR) is 164 cm³/mol. The first-order valence-corrected chi connectivity index (χ1v) is 14.8.